The average molecular weight is 336 g/mol. The summed E-state index contributed by atoms with van der Waals surface area (Å²) in [7, 11) is 4.00. The first kappa shape index (κ1) is 16.5. The standard InChI is InChI=1S/C16H24N4O2S/c1-19(2)8-9-20-13-5-3-4-12(13)15(18-16(20)22)23-10-14(21)17-11-6-7-11/h11H,3-10H2,1-2H3,(H,17,21). The van der Waals surface area contributed by atoms with Crippen molar-refractivity contribution in [3.05, 3.63) is 21.7 Å². The summed E-state index contributed by atoms with van der Waals surface area (Å²) in [5.41, 5.74) is 2.11. The minimum atomic E-state index is -0.183. The second-order valence-corrected chi connectivity index (χ2v) is 7.53. The predicted molar refractivity (Wildman–Crippen MR) is 91.0 cm³/mol. The van der Waals surface area contributed by atoms with Gasteiger partial charge in [-0.3, -0.25) is 9.36 Å². The number of carbonyl (C=O) groups excluding carboxylic acids is 1. The highest BCUT2D eigenvalue weighted by atomic mass is 32.2. The Balaban J connectivity index is 1.73. The van der Waals surface area contributed by atoms with Gasteiger partial charge in [0.25, 0.3) is 0 Å². The summed E-state index contributed by atoms with van der Waals surface area (Å²) >= 11 is 1.40. The van der Waals surface area contributed by atoms with E-state index in [0.29, 0.717) is 18.3 Å². The molecular weight excluding hydrogens is 312 g/mol. The predicted octanol–water partition coefficient (Wildman–Crippen LogP) is 0.664. The third-order valence-electron chi connectivity index (χ3n) is 4.25. The molecule has 1 fully saturated rings. The fourth-order valence-corrected chi connectivity index (χ4v) is 3.75. The van der Waals surface area contributed by atoms with Gasteiger partial charge in [-0.15, -0.1) is 0 Å². The molecule has 1 amide bonds. The molecule has 0 spiro atoms. The largest absolute Gasteiger partial charge is 0.353 e. The van der Waals surface area contributed by atoms with E-state index in [1.165, 1.54) is 17.3 Å². The molecule has 1 aromatic rings. The number of thioether (sulfide) groups is 1. The lowest BCUT2D eigenvalue weighted by Gasteiger charge is -2.16. The Morgan fingerprint density at radius 2 is 2.17 bits per heavy atom. The molecule has 0 aromatic carbocycles. The first-order chi connectivity index (χ1) is 11.0. The van der Waals surface area contributed by atoms with Crippen LogP contribution in [0.25, 0.3) is 0 Å². The van der Waals surface area contributed by atoms with E-state index in [-0.39, 0.29) is 11.6 Å². The molecule has 126 valence electrons. The van der Waals surface area contributed by atoms with E-state index in [9.17, 15) is 9.59 Å². The van der Waals surface area contributed by atoms with Gasteiger partial charge in [0.1, 0.15) is 5.03 Å². The van der Waals surface area contributed by atoms with Crippen molar-refractivity contribution < 1.29 is 4.79 Å². The molecule has 2 aliphatic carbocycles. The second-order valence-electron chi connectivity index (χ2n) is 6.56. The summed E-state index contributed by atoms with van der Waals surface area (Å²) in [6.45, 7) is 1.50. The molecule has 0 bridgehead atoms. The normalized spacial score (nSPS) is 16.7. The fourth-order valence-electron chi connectivity index (χ4n) is 2.87. The average Bonchev–Trinajstić information content (AvgIpc) is 3.16. The van der Waals surface area contributed by atoms with Gasteiger partial charge in [0.2, 0.25) is 5.91 Å². The number of amides is 1. The Morgan fingerprint density at radius 3 is 2.87 bits per heavy atom. The lowest BCUT2D eigenvalue weighted by Crippen LogP contribution is -2.31. The van der Waals surface area contributed by atoms with Crippen LogP contribution in [0.15, 0.2) is 9.82 Å². The highest BCUT2D eigenvalue weighted by Gasteiger charge is 2.25. The van der Waals surface area contributed by atoms with Crippen LogP contribution in [0.5, 0.6) is 0 Å². The number of nitrogens with zero attached hydrogens (tertiary/aromatic N) is 3. The number of aromatic nitrogens is 2. The molecular formula is C16H24N4O2S. The lowest BCUT2D eigenvalue weighted by atomic mass is 10.2. The zero-order valence-electron chi connectivity index (χ0n) is 13.8. The molecule has 0 radical (unpaired) electrons. The molecule has 1 aromatic heterocycles. The molecule has 0 unspecified atom stereocenters. The Kier molecular flexibility index (Phi) is 5.06. The summed E-state index contributed by atoms with van der Waals surface area (Å²) < 4.78 is 1.82. The summed E-state index contributed by atoms with van der Waals surface area (Å²) in [6.07, 6.45) is 5.13. The topological polar surface area (TPSA) is 67.2 Å². The van der Waals surface area contributed by atoms with Crippen LogP contribution in [0.4, 0.5) is 0 Å². The third-order valence-corrected chi connectivity index (χ3v) is 5.27. The Hall–Kier alpha value is -1.34. The SMILES string of the molecule is CN(C)CCn1c2c(c(SCC(=O)NC3CC3)nc1=O)CCC2. The highest BCUT2D eigenvalue weighted by molar-refractivity contribution is 7.99. The van der Waals surface area contributed by atoms with E-state index < -0.39 is 0 Å². The second kappa shape index (κ2) is 7.05. The van der Waals surface area contributed by atoms with Crippen molar-refractivity contribution in [2.24, 2.45) is 0 Å². The molecule has 1 saturated carbocycles. The smallest absolute Gasteiger partial charge is 0.348 e. The molecule has 7 heteroatoms. The van der Waals surface area contributed by atoms with E-state index in [1.54, 1.807) is 0 Å². The van der Waals surface area contributed by atoms with E-state index in [1.807, 2.05) is 18.7 Å². The molecule has 6 nitrogen and oxygen atoms in total. The maximum absolute atomic E-state index is 12.4. The molecule has 2 aliphatic rings. The highest BCUT2D eigenvalue weighted by Crippen LogP contribution is 2.29. The third kappa shape index (κ3) is 4.14. The van der Waals surface area contributed by atoms with Crippen LogP contribution in [0.1, 0.15) is 30.5 Å². The zero-order chi connectivity index (χ0) is 16.4. The van der Waals surface area contributed by atoms with Gasteiger partial charge < -0.3 is 10.2 Å². The first-order valence-corrected chi connectivity index (χ1v) is 9.22. The van der Waals surface area contributed by atoms with Crippen molar-refractivity contribution in [3.8, 4) is 0 Å². The van der Waals surface area contributed by atoms with E-state index in [4.69, 9.17) is 0 Å². The van der Waals surface area contributed by atoms with E-state index >= 15 is 0 Å². The van der Waals surface area contributed by atoms with Gasteiger partial charge in [0.05, 0.1) is 5.75 Å². The number of hydrogen-bond acceptors (Lipinski definition) is 5. The van der Waals surface area contributed by atoms with Gasteiger partial charge in [-0.25, -0.2) is 4.79 Å². The number of fused-ring (bicyclic) bond motifs is 1. The Labute approximate surface area is 140 Å². The van der Waals surface area contributed by atoms with Gasteiger partial charge >= 0.3 is 5.69 Å². The van der Waals surface area contributed by atoms with Crippen molar-refractivity contribution in [1.29, 1.82) is 0 Å². The molecule has 0 saturated heterocycles. The van der Waals surface area contributed by atoms with Crippen LogP contribution in [0, 0.1) is 0 Å². The van der Waals surface area contributed by atoms with Crippen LogP contribution in [-0.4, -0.2) is 52.8 Å². The maximum atomic E-state index is 12.4. The van der Waals surface area contributed by atoms with Crippen molar-refractivity contribution in [2.75, 3.05) is 26.4 Å². The summed E-state index contributed by atoms with van der Waals surface area (Å²) in [5.74, 6) is 0.389. The monoisotopic (exact) mass is 336 g/mol. The first-order valence-electron chi connectivity index (χ1n) is 8.24. The van der Waals surface area contributed by atoms with Gasteiger partial charge in [0, 0.05) is 30.4 Å². The van der Waals surface area contributed by atoms with Crippen LogP contribution >= 0.6 is 11.8 Å². The Bertz CT molecular complexity index is 652. The lowest BCUT2D eigenvalue weighted by molar-refractivity contribution is -0.118. The quantitative estimate of drug-likeness (QED) is 0.585. The number of hydrogen-bond donors (Lipinski definition) is 1. The molecule has 0 aliphatic heterocycles. The van der Waals surface area contributed by atoms with E-state index in [2.05, 4.69) is 15.2 Å². The van der Waals surface area contributed by atoms with Crippen molar-refractivity contribution >= 4 is 17.7 Å². The molecule has 1 N–H and O–H groups in total. The van der Waals surface area contributed by atoms with Crippen molar-refractivity contribution in [3.63, 3.8) is 0 Å². The number of carbonyl (C=O) groups is 1. The van der Waals surface area contributed by atoms with Gasteiger partial charge in [-0.2, -0.15) is 4.98 Å². The zero-order valence-corrected chi connectivity index (χ0v) is 14.6. The van der Waals surface area contributed by atoms with Gasteiger partial charge in [0.15, 0.2) is 0 Å². The number of rotatable bonds is 7. The minimum absolute atomic E-state index is 0.0443. The molecule has 3 rings (SSSR count). The fraction of sp³-hybridized carbons (Fsp3) is 0.688. The summed E-state index contributed by atoms with van der Waals surface area (Å²) in [5, 5.41) is 3.73. The number of likely N-dealkylation sites (N-methyl/N-ethyl adjacent to an activating group) is 1. The van der Waals surface area contributed by atoms with Crippen molar-refractivity contribution in [2.45, 2.75) is 49.7 Å². The van der Waals surface area contributed by atoms with Crippen LogP contribution in [0.2, 0.25) is 0 Å². The maximum Gasteiger partial charge on any atom is 0.348 e. The number of nitrogens with one attached hydrogen (secondary N) is 1. The summed E-state index contributed by atoms with van der Waals surface area (Å²) in [6, 6.07) is 0.376. The summed E-state index contributed by atoms with van der Waals surface area (Å²) in [4.78, 5) is 30.5. The molecule has 1 heterocycles. The van der Waals surface area contributed by atoms with Gasteiger partial charge in [-0.05, 0) is 46.2 Å². The Morgan fingerprint density at radius 1 is 1.39 bits per heavy atom. The molecule has 23 heavy (non-hydrogen) atoms. The van der Waals surface area contributed by atoms with E-state index in [0.717, 1.165) is 49.4 Å². The molecule has 0 atom stereocenters. The minimum Gasteiger partial charge on any atom is -0.353 e. The van der Waals surface area contributed by atoms with Gasteiger partial charge in [-0.1, -0.05) is 11.8 Å². The van der Waals surface area contributed by atoms with Crippen molar-refractivity contribution in [1.82, 2.24) is 19.8 Å². The van der Waals surface area contributed by atoms with Crippen LogP contribution in [0.3, 0.4) is 0 Å². The van der Waals surface area contributed by atoms with Crippen LogP contribution < -0.4 is 11.0 Å². The van der Waals surface area contributed by atoms with Crippen LogP contribution in [-0.2, 0) is 24.2 Å².